The molecule has 1 aliphatic rings. The number of carbonyl (C=O) groups is 1. The summed E-state index contributed by atoms with van der Waals surface area (Å²) in [6, 6.07) is 5.43. The van der Waals surface area contributed by atoms with Gasteiger partial charge in [-0.15, -0.1) is 16.8 Å². The number of benzene rings is 1. The molecule has 1 amide bonds. The highest BCUT2D eigenvalue weighted by molar-refractivity contribution is 8.01. The highest BCUT2D eigenvalue weighted by Gasteiger charge is 2.31. The molecule has 1 aliphatic heterocycles. The standard InChI is InChI=1S/C18H21FN4O3S3/c1-2-11-27-18-22-21-17(28-18)20-16(24)14-7-9-23(10-8-14)29(25,26)12-13-3-5-15(19)6-4-13/h2-6,14H,1,7-12H2,(H,20,21,24). The number of piperidine rings is 1. The molecule has 2 heterocycles. The van der Waals surface area contributed by atoms with Gasteiger partial charge in [0.05, 0.1) is 5.75 Å². The van der Waals surface area contributed by atoms with E-state index in [1.54, 1.807) is 6.08 Å². The van der Waals surface area contributed by atoms with Crippen LogP contribution in [-0.4, -0.2) is 47.7 Å². The quantitative estimate of drug-likeness (QED) is 0.373. The number of rotatable bonds is 8. The number of aromatic nitrogens is 2. The normalized spacial score (nSPS) is 15.9. The number of halogens is 1. The van der Waals surface area contributed by atoms with Crippen LogP contribution in [0.2, 0.25) is 0 Å². The van der Waals surface area contributed by atoms with Gasteiger partial charge >= 0.3 is 0 Å². The fraction of sp³-hybridized carbons (Fsp3) is 0.389. The lowest BCUT2D eigenvalue weighted by Gasteiger charge is -2.30. The van der Waals surface area contributed by atoms with Crippen LogP contribution in [0.4, 0.5) is 9.52 Å². The Kier molecular flexibility index (Phi) is 7.38. The van der Waals surface area contributed by atoms with Crippen molar-refractivity contribution in [3.05, 3.63) is 48.3 Å². The van der Waals surface area contributed by atoms with Crippen LogP contribution in [0.15, 0.2) is 41.3 Å². The second-order valence-electron chi connectivity index (χ2n) is 6.52. The molecule has 0 unspecified atom stereocenters. The number of amides is 1. The predicted octanol–water partition coefficient (Wildman–Crippen LogP) is 3.14. The van der Waals surface area contributed by atoms with Crippen LogP contribution in [0.1, 0.15) is 18.4 Å². The fourth-order valence-corrected chi connectivity index (χ4v) is 6.01. The second kappa shape index (κ2) is 9.79. The second-order valence-corrected chi connectivity index (χ2v) is 10.7. The molecular weight excluding hydrogens is 435 g/mol. The van der Waals surface area contributed by atoms with E-state index in [2.05, 4.69) is 22.1 Å². The zero-order valence-electron chi connectivity index (χ0n) is 15.6. The lowest BCUT2D eigenvalue weighted by atomic mass is 9.97. The van der Waals surface area contributed by atoms with Crippen LogP contribution >= 0.6 is 23.1 Å². The van der Waals surface area contributed by atoms with E-state index in [0.29, 0.717) is 29.3 Å². The number of anilines is 1. The monoisotopic (exact) mass is 456 g/mol. The van der Waals surface area contributed by atoms with Gasteiger partial charge in [-0.2, -0.15) is 0 Å². The van der Waals surface area contributed by atoms with E-state index in [-0.39, 0.29) is 30.7 Å². The Morgan fingerprint density at radius 3 is 2.66 bits per heavy atom. The topological polar surface area (TPSA) is 92.3 Å². The third-order valence-corrected chi connectivity index (χ3v) is 8.26. The van der Waals surface area contributed by atoms with Gasteiger partial charge in [0.15, 0.2) is 4.34 Å². The van der Waals surface area contributed by atoms with E-state index in [0.717, 1.165) is 4.34 Å². The number of hydrogen-bond acceptors (Lipinski definition) is 7. The summed E-state index contributed by atoms with van der Waals surface area (Å²) < 4.78 is 40.3. The molecule has 0 radical (unpaired) electrons. The summed E-state index contributed by atoms with van der Waals surface area (Å²) in [5.41, 5.74) is 0.535. The molecule has 0 bridgehead atoms. The van der Waals surface area contributed by atoms with Crippen molar-refractivity contribution in [2.24, 2.45) is 5.92 Å². The zero-order valence-corrected chi connectivity index (χ0v) is 18.0. The van der Waals surface area contributed by atoms with Crippen LogP contribution in [0.3, 0.4) is 0 Å². The lowest BCUT2D eigenvalue weighted by Crippen LogP contribution is -2.41. The molecule has 1 N–H and O–H groups in total. The van der Waals surface area contributed by atoms with Crippen LogP contribution < -0.4 is 5.32 Å². The fourth-order valence-electron chi connectivity index (χ4n) is 2.93. The lowest BCUT2D eigenvalue weighted by molar-refractivity contribution is -0.120. The van der Waals surface area contributed by atoms with E-state index >= 15 is 0 Å². The summed E-state index contributed by atoms with van der Waals surface area (Å²) in [6.45, 7) is 4.20. The maximum Gasteiger partial charge on any atom is 0.229 e. The van der Waals surface area contributed by atoms with E-state index in [9.17, 15) is 17.6 Å². The number of sulfonamides is 1. The number of nitrogens with zero attached hydrogens (tertiary/aromatic N) is 3. The van der Waals surface area contributed by atoms with E-state index < -0.39 is 15.8 Å². The molecule has 1 saturated heterocycles. The Hall–Kier alpha value is -1.82. The zero-order chi connectivity index (χ0) is 20.9. The third-order valence-electron chi connectivity index (χ3n) is 4.44. The van der Waals surface area contributed by atoms with Crippen molar-refractivity contribution in [1.29, 1.82) is 0 Å². The van der Waals surface area contributed by atoms with Gasteiger partial charge in [0.2, 0.25) is 21.1 Å². The summed E-state index contributed by atoms with van der Waals surface area (Å²) in [5.74, 6) is -0.315. The first-order valence-corrected chi connectivity index (χ1v) is 12.4. The van der Waals surface area contributed by atoms with Crippen LogP contribution in [-0.2, 0) is 20.6 Å². The summed E-state index contributed by atoms with van der Waals surface area (Å²) >= 11 is 2.79. The summed E-state index contributed by atoms with van der Waals surface area (Å²) in [7, 11) is -3.51. The molecule has 1 aromatic carbocycles. The van der Waals surface area contributed by atoms with Crippen molar-refractivity contribution in [2.75, 3.05) is 24.2 Å². The Morgan fingerprint density at radius 2 is 2.00 bits per heavy atom. The summed E-state index contributed by atoms with van der Waals surface area (Å²) in [5, 5.41) is 11.2. The molecule has 3 rings (SSSR count). The van der Waals surface area contributed by atoms with Gasteiger partial charge in [-0.1, -0.05) is 41.3 Å². The number of nitrogens with one attached hydrogen (secondary N) is 1. The molecule has 0 aliphatic carbocycles. The Morgan fingerprint density at radius 1 is 1.31 bits per heavy atom. The Bertz CT molecular complexity index is 955. The highest BCUT2D eigenvalue weighted by atomic mass is 32.2. The predicted molar refractivity (Wildman–Crippen MR) is 113 cm³/mol. The molecule has 1 fully saturated rings. The average molecular weight is 457 g/mol. The summed E-state index contributed by atoms with van der Waals surface area (Å²) in [6.07, 6.45) is 2.64. The van der Waals surface area contributed by atoms with E-state index in [1.807, 2.05) is 0 Å². The minimum absolute atomic E-state index is 0.169. The van der Waals surface area contributed by atoms with Crippen molar-refractivity contribution in [2.45, 2.75) is 22.9 Å². The molecule has 0 atom stereocenters. The third kappa shape index (κ3) is 6.08. The molecule has 29 heavy (non-hydrogen) atoms. The first-order chi connectivity index (χ1) is 13.9. The van der Waals surface area contributed by atoms with Crippen molar-refractivity contribution in [1.82, 2.24) is 14.5 Å². The molecule has 0 spiro atoms. The van der Waals surface area contributed by atoms with Crippen LogP contribution in [0, 0.1) is 11.7 Å². The first-order valence-electron chi connectivity index (χ1n) is 8.97. The Labute approximate surface area is 177 Å². The highest BCUT2D eigenvalue weighted by Crippen LogP contribution is 2.27. The Balaban J connectivity index is 1.51. The molecule has 7 nitrogen and oxygen atoms in total. The number of hydrogen-bond donors (Lipinski definition) is 1. The first kappa shape index (κ1) is 21.9. The van der Waals surface area contributed by atoms with E-state index in [4.69, 9.17) is 0 Å². The largest absolute Gasteiger partial charge is 0.300 e. The van der Waals surface area contributed by atoms with Gasteiger partial charge in [-0.3, -0.25) is 4.79 Å². The van der Waals surface area contributed by atoms with Gasteiger partial charge in [0.25, 0.3) is 0 Å². The van der Waals surface area contributed by atoms with Gasteiger partial charge in [0, 0.05) is 24.8 Å². The molecular formula is C18H21FN4O3S3. The minimum Gasteiger partial charge on any atom is -0.300 e. The minimum atomic E-state index is -3.51. The molecule has 2 aromatic rings. The van der Waals surface area contributed by atoms with E-state index in [1.165, 1.54) is 51.7 Å². The average Bonchev–Trinajstić information content (AvgIpc) is 3.15. The maximum absolute atomic E-state index is 13.0. The number of carbonyl (C=O) groups excluding carboxylic acids is 1. The summed E-state index contributed by atoms with van der Waals surface area (Å²) in [4.78, 5) is 12.5. The van der Waals surface area contributed by atoms with Crippen LogP contribution in [0.5, 0.6) is 0 Å². The SMILES string of the molecule is C=CCSc1nnc(NC(=O)C2CCN(S(=O)(=O)Cc3ccc(F)cc3)CC2)s1. The molecule has 156 valence electrons. The number of thioether (sulfide) groups is 1. The van der Waals surface area contributed by atoms with Crippen molar-refractivity contribution < 1.29 is 17.6 Å². The van der Waals surface area contributed by atoms with Gasteiger partial charge in [0.1, 0.15) is 5.82 Å². The maximum atomic E-state index is 13.0. The van der Waals surface area contributed by atoms with Crippen LogP contribution in [0.25, 0.3) is 0 Å². The molecule has 1 aromatic heterocycles. The van der Waals surface area contributed by atoms with Crippen molar-refractivity contribution >= 4 is 44.2 Å². The molecule has 0 saturated carbocycles. The molecule has 11 heteroatoms. The smallest absolute Gasteiger partial charge is 0.229 e. The van der Waals surface area contributed by atoms with Gasteiger partial charge in [-0.25, -0.2) is 17.1 Å². The van der Waals surface area contributed by atoms with Crippen molar-refractivity contribution in [3.8, 4) is 0 Å². The van der Waals surface area contributed by atoms with Gasteiger partial charge < -0.3 is 5.32 Å². The van der Waals surface area contributed by atoms with Crippen molar-refractivity contribution in [3.63, 3.8) is 0 Å². The van der Waals surface area contributed by atoms with Gasteiger partial charge in [-0.05, 0) is 30.5 Å².